The van der Waals surface area contributed by atoms with Gasteiger partial charge in [0.05, 0.1) is 18.5 Å². The van der Waals surface area contributed by atoms with Gasteiger partial charge in [0.25, 0.3) is 0 Å². The van der Waals surface area contributed by atoms with Crippen molar-refractivity contribution in [2.45, 2.75) is 0 Å². The molecule has 0 radical (unpaired) electrons. The van der Waals surface area contributed by atoms with Crippen molar-refractivity contribution in [3.05, 3.63) is 151 Å². The highest BCUT2D eigenvalue weighted by Gasteiger charge is 2.19. The first-order valence-corrected chi connectivity index (χ1v) is 15.0. The van der Waals surface area contributed by atoms with E-state index in [1.165, 1.54) is 0 Å². The van der Waals surface area contributed by atoms with E-state index < -0.39 is 30.2 Å². The van der Waals surface area contributed by atoms with E-state index in [4.69, 9.17) is 26.2 Å². The number of benzene rings is 7. The van der Waals surface area contributed by atoms with Gasteiger partial charge in [-0.25, -0.2) is 15.0 Å². The summed E-state index contributed by atoms with van der Waals surface area (Å²) in [6, 6.07) is 36.8. The fraction of sp³-hybridized carbons (Fsp3) is 0. The quantitative estimate of drug-likeness (QED) is 0.199. The number of para-hydroxylation sites is 1. The molecule has 2 heterocycles. The van der Waals surface area contributed by atoms with Crippen molar-refractivity contribution in [1.29, 1.82) is 5.26 Å². The van der Waals surface area contributed by atoms with Gasteiger partial charge in [0.1, 0.15) is 11.2 Å². The molecule has 0 atom stereocenters. The van der Waals surface area contributed by atoms with Crippen LogP contribution in [0.4, 0.5) is 0 Å². The Morgan fingerprint density at radius 2 is 1.11 bits per heavy atom. The van der Waals surface area contributed by atoms with Gasteiger partial charge in [-0.1, -0.05) is 127 Å². The summed E-state index contributed by atoms with van der Waals surface area (Å²) in [4.78, 5) is 14.7. The van der Waals surface area contributed by atoms with Crippen molar-refractivity contribution in [3.8, 4) is 51.4 Å². The first-order valence-electron chi connectivity index (χ1n) is 17.5. The van der Waals surface area contributed by atoms with Crippen LogP contribution in [0.2, 0.25) is 0 Å². The third-order valence-corrected chi connectivity index (χ3v) is 8.48. The van der Waals surface area contributed by atoms with Crippen molar-refractivity contribution in [2.24, 2.45) is 0 Å². The van der Waals surface area contributed by atoms with Crippen LogP contribution in [0.5, 0.6) is 0 Å². The van der Waals surface area contributed by atoms with Crippen LogP contribution >= 0.6 is 0 Å². The lowest BCUT2D eigenvalue weighted by Crippen LogP contribution is -2.01. The summed E-state index contributed by atoms with van der Waals surface area (Å²) in [5.74, 6) is 0.461. The van der Waals surface area contributed by atoms with Crippen LogP contribution in [0.3, 0.4) is 0 Å². The molecule has 7 aromatic carbocycles. The number of aromatic nitrogens is 3. The third-order valence-electron chi connectivity index (χ3n) is 8.48. The zero-order chi connectivity index (χ0) is 35.7. The number of hydrogen-bond donors (Lipinski definition) is 0. The van der Waals surface area contributed by atoms with Gasteiger partial charge in [0, 0.05) is 32.8 Å². The molecular weight excluding hydrogens is 576 g/mol. The normalized spacial score (nSPS) is 12.9. The Morgan fingerprint density at radius 1 is 0.511 bits per heavy atom. The maximum Gasteiger partial charge on any atom is 0.164 e. The van der Waals surface area contributed by atoms with Crippen LogP contribution in [-0.4, -0.2) is 15.0 Å². The van der Waals surface area contributed by atoms with Crippen LogP contribution in [0.25, 0.3) is 88.8 Å². The van der Waals surface area contributed by atoms with Gasteiger partial charge >= 0.3 is 0 Å². The lowest BCUT2D eigenvalue weighted by Gasteiger charge is -2.14. The molecule has 9 aromatic rings. The molecule has 0 spiro atoms. The van der Waals surface area contributed by atoms with E-state index in [1.54, 1.807) is 0 Å². The average molecular weight is 606 g/mol. The largest absolute Gasteiger partial charge is 0.456 e. The number of nitrogens with zero attached hydrogens (tertiary/aromatic N) is 4. The highest BCUT2D eigenvalue weighted by Crippen LogP contribution is 2.40. The molecule has 0 aliphatic carbocycles. The standard InChI is InChI=1S/C42H24N4O/c43-25-28-15-6-13-26-14-7-20-32(38(26)28)30-18-8-19-31-29(30)17-9-21-33(31)41-44-40(27-11-2-1-3-12-27)45-42(46-41)35-22-10-24-37-39(35)34-16-4-5-23-36(34)47-37/h1-24H/i1D,2D,3D,11D,12D. The summed E-state index contributed by atoms with van der Waals surface area (Å²) in [7, 11) is 0. The lowest BCUT2D eigenvalue weighted by molar-refractivity contribution is 0.669. The first-order chi connectivity index (χ1) is 25.3. The van der Waals surface area contributed by atoms with Crippen molar-refractivity contribution < 1.29 is 11.3 Å². The topological polar surface area (TPSA) is 75.6 Å². The smallest absolute Gasteiger partial charge is 0.164 e. The van der Waals surface area contributed by atoms with E-state index in [2.05, 4.69) is 6.07 Å². The Morgan fingerprint density at radius 3 is 1.94 bits per heavy atom. The minimum Gasteiger partial charge on any atom is -0.456 e. The maximum absolute atomic E-state index is 10.0. The van der Waals surface area contributed by atoms with Crippen molar-refractivity contribution in [1.82, 2.24) is 15.0 Å². The van der Waals surface area contributed by atoms with Crippen LogP contribution in [-0.2, 0) is 0 Å². The Kier molecular flexibility index (Phi) is 5.03. The van der Waals surface area contributed by atoms with E-state index in [9.17, 15) is 5.26 Å². The zero-order valence-electron chi connectivity index (χ0n) is 29.7. The Labute approximate surface area is 277 Å². The predicted octanol–water partition coefficient (Wildman–Crippen LogP) is 10.6. The van der Waals surface area contributed by atoms with Crippen LogP contribution in [0, 0.1) is 11.3 Å². The monoisotopic (exact) mass is 605 g/mol. The summed E-state index contributed by atoms with van der Waals surface area (Å²) in [5, 5.41) is 15.2. The summed E-state index contributed by atoms with van der Waals surface area (Å²) in [6.07, 6.45) is 0. The number of rotatable bonds is 4. The molecule has 0 saturated carbocycles. The number of fused-ring (bicyclic) bond motifs is 5. The fourth-order valence-electron chi connectivity index (χ4n) is 6.45. The fourth-order valence-corrected chi connectivity index (χ4v) is 6.45. The van der Waals surface area contributed by atoms with E-state index in [1.807, 2.05) is 115 Å². The lowest BCUT2D eigenvalue weighted by atomic mass is 9.90. The van der Waals surface area contributed by atoms with E-state index in [0.717, 1.165) is 43.4 Å². The predicted molar refractivity (Wildman–Crippen MR) is 189 cm³/mol. The number of nitriles is 1. The maximum atomic E-state index is 10.0. The molecule has 0 N–H and O–H groups in total. The second kappa shape index (κ2) is 10.8. The summed E-state index contributed by atoms with van der Waals surface area (Å²) >= 11 is 0. The van der Waals surface area contributed by atoms with Gasteiger partial charge in [-0.2, -0.15) is 5.26 Å². The van der Waals surface area contributed by atoms with E-state index >= 15 is 0 Å². The zero-order valence-corrected chi connectivity index (χ0v) is 24.7. The molecule has 47 heavy (non-hydrogen) atoms. The van der Waals surface area contributed by atoms with E-state index in [-0.39, 0.29) is 23.0 Å². The molecule has 0 amide bonds. The van der Waals surface area contributed by atoms with Gasteiger partial charge in [-0.05, 0) is 45.5 Å². The van der Waals surface area contributed by atoms with Crippen LogP contribution in [0.15, 0.2) is 150 Å². The second-order valence-electron chi connectivity index (χ2n) is 11.1. The molecule has 2 aromatic heterocycles. The minimum atomic E-state index is -0.502. The summed E-state index contributed by atoms with van der Waals surface area (Å²) < 4.78 is 48.7. The van der Waals surface area contributed by atoms with Crippen molar-refractivity contribution in [3.63, 3.8) is 0 Å². The van der Waals surface area contributed by atoms with Crippen molar-refractivity contribution >= 4 is 43.5 Å². The van der Waals surface area contributed by atoms with Crippen molar-refractivity contribution in [2.75, 3.05) is 0 Å². The molecule has 5 nitrogen and oxygen atoms in total. The molecular formula is C42H24N4O. The molecule has 0 aliphatic heterocycles. The third kappa shape index (κ3) is 4.35. The Bertz CT molecular complexity index is 2970. The van der Waals surface area contributed by atoms with E-state index in [0.29, 0.717) is 27.9 Å². The van der Waals surface area contributed by atoms with Gasteiger partial charge in [-0.15, -0.1) is 0 Å². The van der Waals surface area contributed by atoms with Gasteiger partial charge in [0.15, 0.2) is 17.5 Å². The molecule has 5 heteroatoms. The van der Waals surface area contributed by atoms with Gasteiger partial charge in [0.2, 0.25) is 0 Å². The number of hydrogen-bond acceptors (Lipinski definition) is 5. The highest BCUT2D eigenvalue weighted by atomic mass is 16.3. The van der Waals surface area contributed by atoms with Gasteiger partial charge in [-0.3, -0.25) is 0 Å². The average Bonchev–Trinajstić information content (AvgIpc) is 3.57. The molecule has 218 valence electrons. The van der Waals surface area contributed by atoms with Gasteiger partial charge < -0.3 is 4.42 Å². The Hall–Kier alpha value is -6.64. The molecule has 0 unspecified atom stereocenters. The molecule has 0 bridgehead atoms. The molecule has 0 saturated heterocycles. The summed E-state index contributed by atoms with van der Waals surface area (Å²) in [5.41, 5.74) is 4.90. The summed E-state index contributed by atoms with van der Waals surface area (Å²) in [6.45, 7) is 0. The number of furan rings is 1. The SMILES string of the molecule is [2H]c1c([2H])c([2H])c(-c2nc(-c3cccc4c(-c5cccc6cccc(C#N)c56)cccc34)nc(-c3cccc4oc5ccccc5c34)n2)c([2H])c1[2H]. The molecule has 9 rings (SSSR count). The molecule has 0 fully saturated rings. The van der Waals surface area contributed by atoms with Crippen LogP contribution in [0.1, 0.15) is 12.4 Å². The van der Waals surface area contributed by atoms with Crippen LogP contribution < -0.4 is 0 Å². The Balaban J connectivity index is 1.35. The molecule has 0 aliphatic rings. The first kappa shape index (κ1) is 22.0. The minimum absolute atomic E-state index is 0.0531. The second-order valence-corrected chi connectivity index (χ2v) is 11.1. The highest BCUT2D eigenvalue weighted by molar-refractivity contribution is 6.12.